The molecule has 1 fully saturated rings. The van der Waals surface area contributed by atoms with Gasteiger partial charge in [-0.2, -0.15) is 4.31 Å². The number of rotatable bonds is 6. The Morgan fingerprint density at radius 2 is 1.60 bits per heavy atom. The molecule has 1 aromatic rings. The molecule has 0 aliphatic carbocycles. The van der Waals surface area contributed by atoms with E-state index >= 15 is 0 Å². The molecule has 1 N–H and O–H groups in total. The third-order valence-corrected chi connectivity index (χ3v) is 6.57. The van der Waals surface area contributed by atoms with Crippen LogP contribution in [0.25, 0.3) is 0 Å². The van der Waals surface area contributed by atoms with Crippen LogP contribution >= 0.6 is 0 Å². The van der Waals surface area contributed by atoms with E-state index < -0.39 is 30.8 Å². The molecule has 142 valence electrons. The number of benzene rings is 1. The molecule has 1 aliphatic rings. The number of hydrogen-bond acceptors (Lipinski definition) is 6. The molecule has 0 bridgehead atoms. The highest BCUT2D eigenvalue weighted by Crippen LogP contribution is 2.33. The molecule has 25 heavy (non-hydrogen) atoms. The van der Waals surface area contributed by atoms with E-state index in [1.54, 1.807) is 0 Å². The first-order valence-corrected chi connectivity index (χ1v) is 10.8. The number of ether oxygens (including phenoxy) is 2. The van der Waals surface area contributed by atoms with Gasteiger partial charge in [-0.15, -0.1) is 0 Å². The molecule has 0 unspecified atom stereocenters. The van der Waals surface area contributed by atoms with Crippen molar-refractivity contribution in [1.29, 1.82) is 0 Å². The zero-order chi connectivity index (χ0) is 18.8. The first kappa shape index (κ1) is 19.9. The maximum absolute atomic E-state index is 14.3. The van der Waals surface area contributed by atoms with Crippen molar-refractivity contribution in [1.82, 2.24) is 9.03 Å². The van der Waals surface area contributed by atoms with E-state index in [2.05, 4.69) is 4.72 Å². The van der Waals surface area contributed by atoms with Gasteiger partial charge in [0.15, 0.2) is 11.5 Å². The van der Waals surface area contributed by atoms with Crippen molar-refractivity contribution < 1.29 is 30.7 Å². The zero-order valence-corrected chi connectivity index (χ0v) is 15.8. The fourth-order valence-electron chi connectivity index (χ4n) is 2.69. The average Bonchev–Trinajstić information content (AvgIpc) is 2.53. The first-order valence-electron chi connectivity index (χ1n) is 7.47. The van der Waals surface area contributed by atoms with Crippen molar-refractivity contribution in [2.75, 3.05) is 33.6 Å². The first-order chi connectivity index (χ1) is 11.6. The summed E-state index contributed by atoms with van der Waals surface area (Å²) in [4.78, 5) is -0.500. The van der Waals surface area contributed by atoms with E-state index in [1.165, 1.54) is 14.2 Å². The summed E-state index contributed by atoms with van der Waals surface area (Å²) >= 11 is 0. The minimum Gasteiger partial charge on any atom is -0.493 e. The van der Waals surface area contributed by atoms with Crippen LogP contribution in [0, 0.1) is 5.82 Å². The molecule has 1 aliphatic heterocycles. The van der Waals surface area contributed by atoms with Gasteiger partial charge in [0, 0.05) is 31.3 Å². The smallest absolute Gasteiger partial charge is 0.246 e. The number of nitrogens with zero attached hydrogens (tertiary/aromatic N) is 1. The van der Waals surface area contributed by atoms with E-state index in [0.29, 0.717) is 12.8 Å². The van der Waals surface area contributed by atoms with Crippen LogP contribution in [0.4, 0.5) is 4.39 Å². The van der Waals surface area contributed by atoms with Crippen molar-refractivity contribution in [3.63, 3.8) is 0 Å². The SMILES string of the molecule is COc1cc(F)c(S(=O)(=O)N2CCC(NS(C)(=O)=O)CC2)cc1OC. The van der Waals surface area contributed by atoms with Gasteiger partial charge in [-0.3, -0.25) is 0 Å². The quantitative estimate of drug-likeness (QED) is 0.753. The molecule has 0 atom stereocenters. The predicted molar refractivity (Wildman–Crippen MR) is 89.3 cm³/mol. The lowest BCUT2D eigenvalue weighted by atomic mass is 10.1. The van der Waals surface area contributed by atoms with E-state index in [0.717, 1.165) is 22.7 Å². The molecule has 11 heteroatoms. The van der Waals surface area contributed by atoms with Gasteiger partial charge in [0.05, 0.1) is 20.5 Å². The number of sulfonamides is 2. The predicted octanol–water partition coefficient (Wildman–Crippen LogP) is 0.545. The summed E-state index contributed by atoms with van der Waals surface area (Å²) in [6, 6.07) is 1.71. The van der Waals surface area contributed by atoms with Gasteiger partial charge in [-0.25, -0.2) is 25.9 Å². The number of piperidine rings is 1. The highest BCUT2D eigenvalue weighted by Gasteiger charge is 2.33. The maximum Gasteiger partial charge on any atom is 0.246 e. The Bertz CT molecular complexity index is 833. The van der Waals surface area contributed by atoms with Gasteiger partial charge in [-0.05, 0) is 12.8 Å². The second-order valence-electron chi connectivity index (χ2n) is 5.71. The molecule has 0 radical (unpaired) electrons. The fourth-order valence-corrected chi connectivity index (χ4v) is 5.06. The van der Waals surface area contributed by atoms with Gasteiger partial charge in [-0.1, -0.05) is 0 Å². The van der Waals surface area contributed by atoms with Gasteiger partial charge in [0.1, 0.15) is 10.7 Å². The topological polar surface area (TPSA) is 102 Å². The molecule has 1 heterocycles. The van der Waals surface area contributed by atoms with Crippen LogP contribution in [0.3, 0.4) is 0 Å². The summed E-state index contributed by atoms with van der Waals surface area (Å²) < 4.78 is 75.8. The zero-order valence-electron chi connectivity index (χ0n) is 14.2. The van der Waals surface area contributed by atoms with Gasteiger partial charge in [0.25, 0.3) is 0 Å². The molecule has 1 saturated heterocycles. The van der Waals surface area contributed by atoms with Gasteiger partial charge < -0.3 is 9.47 Å². The van der Waals surface area contributed by atoms with Crippen LogP contribution in [0.15, 0.2) is 17.0 Å². The van der Waals surface area contributed by atoms with Crippen molar-refractivity contribution in [3.8, 4) is 11.5 Å². The average molecular weight is 396 g/mol. The summed E-state index contributed by atoms with van der Waals surface area (Å²) in [6.45, 7) is 0.173. The summed E-state index contributed by atoms with van der Waals surface area (Å²) in [7, 11) is -4.78. The lowest BCUT2D eigenvalue weighted by Crippen LogP contribution is -2.46. The van der Waals surface area contributed by atoms with Crippen molar-refractivity contribution in [2.24, 2.45) is 0 Å². The molecule has 1 aromatic carbocycles. The van der Waals surface area contributed by atoms with Gasteiger partial charge >= 0.3 is 0 Å². The minimum atomic E-state index is -4.07. The number of hydrogen-bond donors (Lipinski definition) is 1. The molecule has 0 saturated carbocycles. The molecular weight excluding hydrogens is 375 g/mol. The molecule has 8 nitrogen and oxygen atoms in total. The Kier molecular flexibility index (Phi) is 5.92. The second-order valence-corrected chi connectivity index (χ2v) is 9.39. The Morgan fingerprint density at radius 3 is 2.08 bits per heavy atom. The molecular formula is C14H21FN2O6S2. The molecule has 0 spiro atoms. The van der Waals surface area contributed by atoms with Crippen LogP contribution in [0.5, 0.6) is 11.5 Å². The van der Waals surface area contributed by atoms with Crippen molar-refractivity contribution in [3.05, 3.63) is 17.9 Å². The summed E-state index contributed by atoms with van der Waals surface area (Å²) in [5, 5.41) is 0. The fraction of sp³-hybridized carbons (Fsp3) is 0.571. The number of nitrogens with one attached hydrogen (secondary N) is 1. The lowest BCUT2D eigenvalue weighted by Gasteiger charge is -2.31. The van der Waals surface area contributed by atoms with Crippen LogP contribution in [0.2, 0.25) is 0 Å². The summed E-state index contributed by atoms with van der Waals surface area (Å²) in [6.07, 6.45) is 1.66. The Labute approximate surface area is 147 Å². The summed E-state index contributed by atoms with van der Waals surface area (Å²) in [5.41, 5.74) is 0. The van der Waals surface area contributed by atoms with E-state index in [4.69, 9.17) is 9.47 Å². The third kappa shape index (κ3) is 4.60. The Hall–Kier alpha value is -1.43. The van der Waals surface area contributed by atoms with E-state index in [-0.39, 0.29) is 30.6 Å². The highest BCUT2D eigenvalue weighted by molar-refractivity contribution is 7.89. The number of halogens is 1. The molecule has 2 rings (SSSR count). The maximum atomic E-state index is 14.3. The second kappa shape index (κ2) is 7.44. The van der Waals surface area contributed by atoms with E-state index in [9.17, 15) is 21.2 Å². The Balaban J connectivity index is 2.23. The van der Waals surface area contributed by atoms with Crippen LogP contribution in [0.1, 0.15) is 12.8 Å². The van der Waals surface area contributed by atoms with Crippen LogP contribution < -0.4 is 14.2 Å². The molecule has 0 amide bonds. The molecule has 0 aromatic heterocycles. The van der Waals surface area contributed by atoms with Crippen molar-refractivity contribution >= 4 is 20.0 Å². The Morgan fingerprint density at radius 1 is 1.08 bits per heavy atom. The standard InChI is InChI=1S/C14H21FN2O6S2/c1-22-12-8-11(15)14(9-13(12)23-2)25(20,21)17-6-4-10(5-7-17)16-24(3,18)19/h8-10,16H,4-7H2,1-3H3. The van der Waals surface area contributed by atoms with Crippen molar-refractivity contribution in [2.45, 2.75) is 23.8 Å². The monoisotopic (exact) mass is 396 g/mol. The largest absolute Gasteiger partial charge is 0.493 e. The van der Waals surface area contributed by atoms with Gasteiger partial charge in [0.2, 0.25) is 20.0 Å². The summed E-state index contributed by atoms with van der Waals surface area (Å²) in [5.74, 6) is -0.736. The third-order valence-electron chi connectivity index (χ3n) is 3.89. The van der Waals surface area contributed by atoms with E-state index in [1.807, 2.05) is 0 Å². The minimum absolute atomic E-state index is 0.0866. The number of methoxy groups -OCH3 is 2. The van der Waals surface area contributed by atoms with Crippen LogP contribution in [-0.4, -0.2) is 60.7 Å². The lowest BCUT2D eigenvalue weighted by molar-refractivity contribution is 0.307. The van der Waals surface area contributed by atoms with Crippen LogP contribution in [-0.2, 0) is 20.0 Å². The normalized spacial score (nSPS) is 17.4. The highest BCUT2D eigenvalue weighted by atomic mass is 32.2.